The summed E-state index contributed by atoms with van der Waals surface area (Å²) >= 11 is 0. The third kappa shape index (κ3) is 5.10. The highest BCUT2D eigenvalue weighted by molar-refractivity contribution is 5.98. The monoisotopic (exact) mass is 587 g/mol. The van der Waals surface area contributed by atoms with Crippen LogP contribution in [0, 0.1) is 5.82 Å². The second kappa shape index (κ2) is 10.6. The van der Waals surface area contributed by atoms with Gasteiger partial charge in [0.15, 0.2) is 0 Å². The summed E-state index contributed by atoms with van der Waals surface area (Å²) in [6.07, 6.45) is 6.06. The summed E-state index contributed by atoms with van der Waals surface area (Å²) in [5.74, 6) is 0.771. The molecule has 0 spiro atoms. The molecule has 43 heavy (non-hydrogen) atoms. The molecule has 5 heterocycles. The molecule has 2 atom stereocenters. The van der Waals surface area contributed by atoms with Crippen molar-refractivity contribution in [1.29, 1.82) is 0 Å². The van der Waals surface area contributed by atoms with Crippen LogP contribution in [-0.4, -0.2) is 75.6 Å². The first-order chi connectivity index (χ1) is 20.6. The molecule has 9 heteroatoms. The standard InChI is InChI=1S/C34H42FN5O3/c1-4-25-27(35)8-7-23-15-24(41)16-29(30(23)25)38-14-9-26-28(19-38)36-32(37-31(26)39-12-5-10-33(3,42)20-39)43-21-34-11-6-13-40(34)18-22(2)17-34/h7-8,15-16,41-42H,2,4-6,9-14,17-21H2,1,3H3/t33-,34?/m1/s1. The molecule has 7 rings (SSSR count). The number of nitrogens with zero attached hydrogens (tertiary/aromatic N) is 5. The number of aryl methyl sites for hydroxylation is 1. The number of aliphatic hydroxyl groups is 1. The molecule has 0 amide bonds. The van der Waals surface area contributed by atoms with Crippen LogP contribution in [0.4, 0.5) is 15.9 Å². The van der Waals surface area contributed by atoms with Gasteiger partial charge in [-0.2, -0.15) is 9.97 Å². The summed E-state index contributed by atoms with van der Waals surface area (Å²) in [6, 6.07) is 7.03. The fourth-order valence-electron chi connectivity index (χ4n) is 8.04. The van der Waals surface area contributed by atoms with E-state index >= 15 is 0 Å². The highest BCUT2D eigenvalue weighted by atomic mass is 19.1. The van der Waals surface area contributed by atoms with Crippen molar-refractivity contribution in [2.45, 2.75) is 76.5 Å². The molecule has 0 saturated carbocycles. The fraction of sp³-hybridized carbons (Fsp3) is 0.529. The topological polar surface area (TPSA) is 85.2 Å². The van der Waals surface area contributed by atoms with E-state index in [2.05, 4.69) is 21.3 Å². The summed E-state index contributed by atoms with van der Waals surface area (Å²) in [6.45, 7) is 13.1. The lowest BCUT2D eigenvalue weighted by Crippen LogP contribution is -2.47. The number of rotatable bonds is 6. The average Bonchev–Trinajstić information content (AvgIpc) is 3.50. The zero-order chi connectivity index (χ0) is 29.9. The average molecular weight is 588 g/mol. The highest BCUT2D eigenvalue weighted by Crippen LogP contribution is 2.42. The van der Waals surface area contributed by atoms with Crippen LogP contribution in [0.1, 0.15) is 62.8 Å². The Morgan fingerprint density at radius 1 is 1.07 bits per heavy atom. The number of anilines is 2. The lowest BCUT2D eigenvalue weighted by atomic mass is 9.94. The quantitative estimate of drug-likeness (QED) is 0.385. The number of piperidine rings is 1. The van der Waals surface area contributed by atoms with Crippen LogP contribution < -0.4 is 14.5 Å². The Bertz CT molecular complexity index is 1590. The van der Waals surface area contributed by atoms with Crippen molar-refractivity contribution in [3.63, 3.8) is 0 Å². The van der Waals surface area contributed by atoms with Gasteiger partial charge in [-0.25, -0.2) is 4.39 Å². The lowest BCUT2D eigenvalue weighted by Gasteiger charge is -2.40. The van der Waals surface area contributed by atoms with Gasteiger partial charge in [0.25, 0.3) is 0 Å². The van der Waals surface area contributed by atoms with Crippen LogP contribution in [0.2, 0.25) is 0 Å². The molecule has 0 radical (unpaired) electrons. The molecule has 2 N–H and O–H groups in total. The van der Waals surface area contributed by atoms with Crippen LogP contribution in [0.3, 0.4) is 0 Å². The van der Waals surface area contributed by atoms with Gasteiger partial charge in [0.1, 0.15) is 24.0 Å². The fourth-order valence-corrected chi connectivity index (χ4v) is 8.04. The normalized spacial score (nSPS) is 25.8. The van der Waals surface area contributed by atoms with Crippen molar-refractivity contribution < 1.29 is 19.3 Å². The summed E-state index contributed by atoms with van der Waals surface area (Å²) in [5.41, 5.74) is 3.83. The van der Waals surface area contributed by atoms with Gasteiger partial charge in [0.2, 0.25) is 0 Å². The molecule has 3 aromatic rings. The third-order valence-corrected chi connectivity index (χ3v) is 10.0. The number of phenols is 1. The SMILES string of the molecule is C=C1CN2CCCC2(COc2nc3c(c(N4CCC[C@@](C)(O)C4)n2)CCN(c2cc(O)cc4ccc(F)c(CC)c24)C3)C1. The van der Waals surface area contributed by atoms with Crippen LogP contribution in [0.5, 0.6) is 11.8 Å². The molecule has 4 aliphatic rings. The van der Waals surface area contributed by atoms with Gasteiger partial charge in [-0.05, 0) is 81.5 Å². The number of fused-ring (bicyclic) bond motifs is 3. The van der Waals surface area contributed by atoms with Gasteiger partial charge in [-0.3, -0.25) is 4.90 Å². The Morgan fingerprint density at radius 3 is 2.72 bits per heavy atom. The van der Waals surface area contributed by atoms with Crippen LogP contribution >= 0.6 is 0 Å². The number of aromatic nitrogens is 2. The van der Waals surface area contributed by atoms with E-state index in [1.165, 1.54) is 11.6 Å². The van der Waals surface area contributed by atoms with Gasteiger partial charge in [-0.1, -0.05) is 25.1 Å². The van der Waals surface area contributed by atoms with Gasteiger partial charge in [-0.15, -0.1) is 0 Å². The number of hydrogen-bond donors (Lipinski definition) is 2. The maximum atomic E-state index is 15.0. The number of aromatic hydroxyl groups is 1. The molecule has 0 aliphatic carbocycles. The van der Waals surface area contributed by atoms with Crippen molar-refractivity contribution in [2.75, 3.05) is 49.1 Å². The van der Waals surface area contributed by atoms with Crippen molar-refractivity contribution in [3.8, 4) is 11.8 Å². The Morgan fingerprint density at radius 2 is 1.91 bits per heavy atom. The maximum Gasteiger partial charge on any atom is 0.318 e. The molecule has 3 saturated heterocycles. The minimum atomic E-state index is -0.785. The molecule has 228 valence electrons. The van der Waals surface area contributed by atoms with Crippen LogP contribution in [0.25, 0.3) is 10.8 Å². The Balaban J connectivity index is 1.27. The Hall–Kier alpha value is -3.43. The van der Waals surface area contributed by atoms with E-state index in [-0.39, 0.29) is 17.1 Å². The minimum Gasteiger partial charge on any atom is -0.508 e. The summed E-state index contributed by atoms with van der Waals surface area (Å²) in [4.78, 5) is 16.9. The maximum absolute atomic E-state index is 15.0. The van der Waals surface area contributed by atoms with Gasteiger partial charge in [0.05, 0.1) is 23.4 Å². The largest absolute Gasteiger partial charge is 0.508 e. The molecule has 3 fully saturated rings. The second-order valence-electron chi connectivity index (χ2n) is 13.4. The van der Waals surface area contributed by atoms with E-state index in [0.29, 0.717) is 50.7 Å². The second-order valence-corrected chi connectivity index (χ2v) is 13.4. The minimum absolute atomic E-state index is 0.0432. The number of halogens is 1. The number of phenolic OH excluding ortho intramolecular Hbond substituents is 1. The molecule has 2 aromatic carbocycles. The third-order valence-electron chi connectivity index (χ3n) is 10.0. The van der Waals surface area contributed by atoms with E-state index in [1.807, 2.05) is 13.8 Å². The molecular formula is C34H42FN5O3. The Labute approximate surface area is 252 Å². The first-order valence-electron chi connectivity index (χ1n) is 15.8. The molecule has 0 bridgehead atoms. The van der Waals surface area contributed by atoms with Crippen molar-refractivity contribution in [3.05, 3.63) is 59.1 Å². The Kier molecular flexibility index (Phi) is 7.01. The highest BCUT2D eigenvalue weighted by Gasteiger charge is 2.46. The first kappa shape index (κ1) is 28.3. The predicted molar refractivity (Wildman–Crippen MR) is 167 cm³/mol. The lowest BCUT2D eigenvalue weighted by molar-refractivity contribution is 0.0445. The van der Waals surface area contributed by atoms with E-state index < -0.39 is 5.60 Å². The number of hydrogen-bond acceptors (Lipinski definition) is 8. The first-order valence-corrected chi connectivity index (χ1v) is 15.8. The van der Waals surface area contributed by atoms with Crippen LogP contribution in [-0.2, 0) is 19.4 Å². The number of benzene rings is 2. The van der Waals surface area contributed by atoms with Gasteiger partial charge < -0.3 is 24.7 Å². The molecule has 4 aliphatic heterocycles. The number of ether oxygens (including phenoxy) is 1. The van der Waals surface area contributed by atoms with Crippen molar-refractivity contribution in [2.24, 2.45) is 0 Å². The predicted octanol–water partition coefficient (Wildman–Crippen LogP) is 5.12. The molecule has 1 unspecified atom stereocenters. The van der Waals surface area contributed by atoms with Gasteiger partial charge in [0, 0.05) is 48.9 Å². The van der Waals surface area contributed by atoms with E-state index in [1.54, 1.807) is 18.2 Å². The smallest absolute Gasteiger partial charge is 0.318 e. The molecule has 1 aromatic heterocycles. The van der Waals surface area contributed by atoms with Gasteiger partial charge >= 0.3 is 6.01 Å². The summed E-state index contributed by atoms with van der Waals surface area (Å²) in [5, 5.41) is 23.2. The van der Waals surface area contributed by atoms with Crippen molar-refractivity contribution in [1.82, 2.24) is 14.9 Å². The molecular weight excluding hydrogens is 545 g/mol. The van der Waals surface area contributed by atoms with E-state index in [9.17, 15) is 14.6 Å². The van der Waals surface area contributed by atoms with E-state index in [0.717, 1.165) is 85.3 Å². The van der Waals surface area contributed by atoms with Crippen molar-refractivity contribution >= 4 is 22.3 Å². The zero-order valence-electron chi connectivity index (χ0n) is 25.3. The van der Waals surface area contributed by atoms with E-state index in [4.69, 9.17) is 14.7 Å². The number of β-amino-alcohol motifs (C(OH)–C–C–N with tert-alkyl or cyclic N) is 1. The van der Waals surface area contributed by atoms with Crippen LogP contribution in [0.15, 0.2) is 36.4 Å². The summed E-state index contributed by atoms with van der Waals surface area (Å²) < 4.78 is 21.4. The summed E-state index contributed by atoms with van der Waals surface area (Å²) in [7, 11) is 0. The molecule has 8 nitrogen and oxygen atoms in total. The zero-order valence-corrected chi connectivity index (χ0v) is 25.3.